The van der Waals surface area contributed by atoms with Crippen LogP contribution in [0.4, 0.5) is 10.5 Å². The highest BCUT2D eigenvalue weighted by Crippen LogP contribution is 2.26. The van der Waals surface area contributed by atoms with Gasteiger partial charge >= 0.3 is 6.09 Å². The molecular formula is C9H12N2O4. The average Bonchev–Trinajstić information content (AvgIpc) is 2.19. The van der Waals surface area contributed by atoms with Crippen LogP contribution in [0.2, 0.25) is 0 Å². The monoisotopic (exact) mass is 212 g/mol. The van der Waals surface area contributed by atoms with Crippen LogP contribution in [0.5, 0.6) is 5.75 Å². The number of benzene rings is 1. The standard InChI is InChI=1S/C9H12N2O4/c10-4-8(13)5-1-2-7(12)6(3-5)11-9(14)15/h1-3,8,11-13H,4,10H2,(H,14,15). The molecule has 0 heterocycles. The van der Waals surface area contributed by atoms with E-state index < -0.39 is 12.2 Å². The fraction of sp³-hybridized carbons (Fsp3) is 0.222. The molecule has 6 heteroatoms. The fourth-order valence-corrected chi connectivity index (χ4v) is 1.11. The molecular weight excluding hydrogens is 200 g/mol. The Kier molecular flexibility index (Phi) is 3.48. The van der Waals surface area contributed by atoms with Gasteiger partial charge in [-0.25, -0.2) is 4.79 Å². The summed E-state index contributed by atoms with van der Waals surface area (Å²) in [5.74, 6) is -0.203. The number of carbonyl (C=O) groups is 1. The van der Waals surface area contributed by atoms with Gasteiger partial charge in [0, 0.05) is 6.54 Å². The lowest BCUT2D eigenvalue weighted by atomic mass is 10.1. The molecule has 15 heavy (non-hydrogen) atoms. The Morgan fingerprint density at radius 3 is 2.73 bits per heavy atom. The predicted molar refractivity (Wildman–Crippen MR) is 53.8 cm³/mol. The molecule has 6 N–H and O–H groups in total. The maximum Gasteiger partial charge on any atom is 0.409 e. The molecule has 0 saturated heterocycles. The van der Waals surface area contributed by atoms with Crippen molar-refractivity contribution >= 4 is 11.8 Å². The number of phenols is 1. The molecule has 0 spiro atoms. The smallest absolute Gasteiger partial charge is 0.409 e. The van der Waals surface area contributed by atoms with Gasteiger partial charge in [0.15, 0.2) is 0 Å². The molecule has 1 aromatic carbocycles. The number of hydrogen-bond acceptors (Lipinski definition) is 4. The molecule has 1 unspecified atom stereocenters. The minimum atomic E-state index is -1.29. The minimum Gasteiger partial charge on any atom is -0.506 e. The summed E-state index contributed by atoms with van der Waals surface area (Å²) >= 11 is 0. The van der Waals surface area contributed by atoms with E-state index in [1.165, 1.54) is 18.2 Å². The first-order valence-electron chi connectivity index (χ1n) is 4.25. The molecule has 0 radical (unpaired) electrons. The Morgan fingerprint density at radius 2 is 2.20 bits per heavy atom. The fourth-order valence-electron chi connectivity index (χ4n) is 1.11. The Morgan fingerprint density at radius 1 is 1.53 bits per heavy atom. The van der Waals surface area contributed by atoms with E-state index in [9.17, 15) is 15.0 Å². The molecule has 0 aromatic heterocycles. The maximum absolute atomic E-state index is 10.4. The van der Waals surface area contributed by atoms with Crippen molar-refractivity contribution in [1.29, 1.82) is 0 Å². The van der Waals surface area contributed by atoms with Crippen molar-refractivity contribution in [2.24, 2.45) is 5.73 Å². The molecule has 1 aromatic rings. The number of nitrogens with one attached hydrogen (secondary N) is 1. The van der Waals surface area contributed by atoms with E-state index in [4.69, 9.17) is 10.8 Å². The molecule has 0 saturated carbocycles. The molecule has 82 valence electrons. The molecule has 1 amide bonds. The third kappa shape index (κ3) is 2.83. The van der Waals surface area contributed by atoms with Crippen LogP contribution in [-0.4, -0.2) is 28.0 Å². The summed E-state index contributed by atoms with van der Waals surface area (Å²) < 4.78 is 0. The third-order valence-electron chi connectivity index (χ3n) is 1.87. The number of phenolic OH excluding ortho intramolecular Hbond substituents is 1. The number of anilines is 1. The second-order valence-electron chi connectivity index (χ2n) is 2.96. The lowest BCUT2D eigenvalue weighted by Gasteiger charge is -2.11. The van der Waals surface area contributed by atoms with Gasteiger partial charge in [-0.3, -0.25) is 5.32 Å². The van der Waals surface area contributed by atoms with Crippen molar-refractivity contribution in [1.82, 2.24) is 0 Å². The lowest BCUT2D eigenvalue weighted by molar-refractivity contribution is 0.186. The van der Waals surface area contributed by atoms with E-state index in [1.54, 1.807) is 0 Å². The van der Waals surface area contributed by atoms with Gasteiger partial charge in [0.2, 0.25) is 0 Å². The topological polar surface area (TPSA) is 116 Å². The SMILES string of the molecule is NCC(O)c1ccc(O)c(NC(=O)O)c1. The van der Waals surface area contributed by atoms with E-state index in [2.05, 4.69) is 0 Å². The van der Waals surface area contributed by atoms with Crippen molar-refractivity contribution in [3.8, 4) is 5.75 Å². The number of amides is 1. The van der Waals surface area contributed by atoms with Crippen LogP contribution in [0.1, 0.15) is 11.7 Å². The van der Waals surface area contributed by atoms with Crippen molar-refractivity contribution in [3.05, 3.63) is 23.8 Å². The molecule has 0 fully saturated rings. The Balaban J connectivity index is 2.99. The second-order valence-corrected chi connectivity index (χ2v) is 2.96. The van der Waals surface area contributed by atoms with Crippen molar-refractivity contribution < 1.29 is 20.1 Å². The molecule has 0 aliphatic rings. The summed E-state index contributed by atoms with van der Waals surface area (Å²) in [7, 11) is 0. The van der Waals surface area contributed by atoms with Gasteiger partial charge in [-0.1, -0.05) is 6.07 Å². The zero-order valence-electron chi connectivity index (χ0n) is 7.84. The normalized spacial score (nSPS) is 12.1. The van der Waals surface area contributed by atoms with Crippen LogP contribution in [-0.2, 0) is 0 Å². The van der Waals surface area contributed by atoms with E-state index in [1.807, 2.05) is 5.32 Å². The highest BCUT2D eigenvalue weighted by Gasteiger charge is 2.10. The summed E-state index contributed by atoms with van der Waals surface area (Å²) in [6.45, 7) is 0.0251. The molecule has 0 aliphatic heterocycles. The van der Waals surface area contributed by atoms with Crippen molar-refractivity contribution in [3.63, 3.8) is 0 Å². The van der Waals surface area contributed by atoms with Crippen molar-refractivity contribution in [2.75, 3.05) is 11.9 Å². The van der Waals surface area contributed by atoms with Gasteiger partial charge in [0.25, 0.3) is 0 Å². The molecule has 1 atom stereocenters. The number of carboxylic acid groups (broad SMARTS) is 1. The summed E-state index contributed by atoms with van der Waals surface area (Å²) in [5.41, 5.74) is 5.71. The quantitative estimate of drug-likeness (QED) is 0.467. The Hall–Kier alpha value is -1.79. The first-order valence-corrected chi connectivity index (χ1v) is 4.25. The van der Waals surface area contributed by atoms with E-state index >= 15 is 0 Å². The molecule has 6 nitrogen and oxygen atoms in total. The van der Waals surface area contributed by atoms with Crippen LogP contribution >= 0.6 is 0 Å². The predicted octanol–water partition coefficient (Wildman–Crippen LogP) is 0.474. The van der Waals surface area contributed by atoms with Gasteiger partial charge in [-0.2, -0.15) is 0 Å². The van der Waals surface area contributed by atoms with E-state index in [0.717, 1.165) is 0 Å². The second kappa shape index (κ2) is 4.63. The summed E-state index contributed by atoms with van der Waals surface area (Å²) in [4.78, 5) is 10.4. The minimum absolute atomic E-state index is 0.0208. The van der Waals surface area contributed by atoms with Crippen LogP contribution in [0.15, 0.2) is 18.2 Å². The highest BCUT2D eigenvalue weighted by molar-refractivity contribution is 5.85. The molecule has 0 bridgehead atoms. The number of aromatic hydroxyl groups is 1. The van der Waals surface area contributed by atoms with Gasteiger partial charge in [-0.15, -0.1) is 0 Å². The number of hydrogen-bond donors (Lipinski definition) is 5. The summed E-state index contributed by atoms with van der Waals surface area (Å²) in [5, 5.41) is 29.2. The molecule has 0 aliphatic carbocycles. The zero-order chi connectivity index (χ0) is 11.4. The zero-order valence-corrected chi connectivity index (χ0v) is 7.84. The van der Waals surface area contributed by atoms with E-state index in [0.29, 0.717) is 5.56 Å². The average molecular weight is 212 g/mol. The first kappa shape index (κ1) is 11.3. The Bertz CT molecular complexity index is 367. The number of rotatable bonds is 3. The Labute approximate surface area is 86.0 Å². The van der Waals surface area contributed by atoms with Crippen LogP contribution in [0.3, 0.4) is 0 Å². The van der Waals surface area contributed by atoms with Gasteiger partial charge in [0.1, 0.15) is 5.75 Å². The lowest BCUT2D eigenvalue weighted by Crippen LogP contribution is -2.12. The number of aliphatic hydroxyl groups is 1. The van der Waals surface area contributed by atoms with E-state index in [-0.39, 0.29) is 18.0 Å². The summed E-state index contributed by atoms with van der Waals surface area (Å²) in [6.07, 6.45) is -2.16. The number of nitrogens with two attached hydrogens (primary N) is 1. The maximum atomic E-state index is 10.4. The largest absolute Gasteiger partial charge is 0.506 e. The van der Waals surface area contributed by atoms with Crippen molar-refractivity contribution in [2.45, 2.75) is 6.10 Å². The first-order chi connectivity index (χ1) is 7.04. The number of aliphatic hydroxyl groups excluding tert-OH is 1. The van der Waals surface area contributed by atoms with Crippen LogP contribution < -0.4 is 11.1 Å². The van der Waals surface area contributed by atoms with Gasteiger partial charge in [0.05, 0.1) is 11.8 Å². The van der Waals surface area contributed by atoms with Crippen LogP contribution in [0.25, 0.3) is 0 Å². The third-order valence-corrected chi connectivity index (χ3v) is 1.87. The van der Waals surface area contributed by atoms with Crippen LogP contribution in [0, 0.1) is 0 Å². The molecule has 1 rings (SSSR count). The highest BCUT2D eigenvalue weighted by atomic mass is 16.4. The summed E-state index contributed by atoms with van der Waals surface area (Å²) in [6, 6.07) is 4.10. The van der Waals surface area contributed by atoms with Gasteiger partial charge < -0.3 is 21.1 Å². The van der Waals surface area contributed by atoms with Gasteiger partial charge in [-0.05, 0) is 17.7 Å².